The number of hydrogen-bond donors (Lipinski definition) is 2. The van der Waals surface area contributed by atoms with Crippen LogP contribution in [0.25, 0.3) is 0 Å². The summed E-state index contributed by atoms with van der Waals surface area (Å²) >= 11 is 0. The van der Waals surface area contributed by atoms with Crippen molar-refractivity contribution in [3.05, 3.63) is 0 Å². The third kappa shape index (κ3) is 1.32. The van der Waals surface area contributed by atoms with Gasteiger partial charge in [0.15, 0.2) is 0 Å². The first kappa shape index (κ1) is 16.3. The summed E-state index contributed by atoms with van der Waals surface area (Å²) in [7, 11) is 0. The Morgan fingerprint density at radius 1 is 1.22 bits per heavy atom. The average Bonchev–Trinajstić information content (AvgIpc) is 3.05. The summed E-state index contributed by atoms with van der Waals surface area (Å²) in [5.41, 5.74) is -2.49. The van der Waals surface area contributed by atoms with Crippen LogP contribution in [-0.4, -0.2) is 57.5 Å². The molecule has 27 heavy (non-hydrogen) atoms. The fourth-order valence-corrected chi connectivity index (χ4v) is 10.6. The highest BCUT2D eigenvalue weighted by atomic mass is 16.5. The number of ketones is 1. The molecule has 8 aliphatic rings. The van der Waals surface area contributed by atoms with Crippen LogP contribution in [-0.2, 0) is 9.53 Å². The molecule has 10 atom stereocenters. The van der Waals surface area contributed by atoms with Gasteiger partial charge in [-0.25, -0.2) is 0 Å². The van der Waals surface area contributed by atoms with Crippen molar-refractivity contribution in [3.63, 3.8) is 0 Å². The van der Waals surface area contributed by atoms with Crippen molar-refractivity contribution >= 4 is 5.78 Å². The van der Waals surface area contributed by atoms with Gasteiger partial charge in [-0.1, -0.05) is 13.3 Å². The summed E-state index contributed by atoms with van der Waals surface area (Å²) in [5, 5.41) is 23.7. The largest absolute Gasteiger partial charge is 0.390 e. The van der Waals surface area contributed by atoms with E-state index in [0.29, 0.717) is 31.0 Å². The molecule has 0 aromatic heterocycles. The molecule has 5 heteroatoms. The minimum Gasteiger partial charge on any atom is -0.390 e. The van der Waals surface area contributed by atoms with Crippen LogP contribution in [0.15, 0.2) is 0 Å². The molecule has 2 N–H and O–H groups in total. The van der Waals surface area contributed by atoms with Gasteiger partial charge in [0.1, 0.15) is 12.0 Å². The van der Waals surface area contributed by atoms with E-state index in [-0.39, 0.29) is 34.9 Å². The van der Waals surface area contributed by atoms with Crippen molar-refractivity contribution < 1.29 is 19.7 Å². The third-order valence-electron chi connectivity index (χ3n) is 11.0. The van der Waals surface area contributed by atoms with E-state index in [1.807, 2.05) is 6.92 Å². The van der Waals surface area contributed by atoms with Gasteiger partial charge < -0.3 is 14.9 Å². The van der Waals surface area contributed by atoms with E-state index < -0.39 is 16.6 Å². The summed E-state index contributed by atoms with van der Waals surface area (Å²) in [4.78, 5) is 16.3. The molecule has 0 aromatic carbocycles. The molecule has 148 valence electrons. The highest BCUT2D eigenvalue weighted by Gasteiger charge is 2.90. The van der Waals surface area contributed by atoms with E-state index >= 15 is 0 Å². The highest BCUT2D eigenvalue weighted by molar-refractivity contribution is 5.87. The Bertz CT molecular complexity index is 782. The monoisotopic (exact) mass is 373 g/mol. The van der Waals surface area contributed by atoms with Gasteiger partial charge in [0.05, 0.1) is 17.8 Å². The van der Waals surface area contributed by atoms with Crippen molar-refractivity contribution in [1.29, 1.82) is 0 Å². The Balaban J connectivity index is 1.55. The summed E-state index contributed by atoms with van der Waals surface area (Å²) in [6, 6.07) is 0.251. The van der Waals surface area contributed by atoms with E-state index in [1.54, 1.807) is 0 Å². The minimum absolute atomic E-state index is 0.0296. The van der Waals surface area contributed by atoms with Crippen LogP contribution in [0.3, 0.4) is 0 Å². The molecule has 6 aliphatic carbocycles. The predicted molar refractivity (Wildman–Crippen MR) is 96.6 cm³/mol. The Kier molecular flexibility index (Phi) is 2.53. The summed E-state index contributed by atoms with van der Waals surface area (Å²) in [6.07, 6.45) is 5.81. The molecule has 6 saturated carbocycles. The molecule has 5 nitrogen and oxygen atoms in total. The number of rotatable bonds is 0. The second-order valence-corrected chi connectivity index (χ2v) is 11.7. The van der Waals surface area contributed by atoms with Crippen molar-refractivity contribution in [2.75, 3.05) is 13.2 Å². The molecule has 2 aliphatic heterocycles. The van der Waals surface area contributed by atoms with Gasteiger partial charge in [0, 0.05) is 41.2 Å². The Morgan fingerprint density at radius 2 is 2.04 bits per heavy atom. The lowest BCUT2D eigenvalue weighted by Crippen LogP contribution is -2.77. The molecule has 2 saturated heterocycles. The summed E-state index contributed by atoms with van der Waals surface area (Å²) < 4.78 is 6.29. The molecule has 0 radical (unpaired) electrons. The number of nitrogens with zero attached hydrogens (tertiary/aromatic N) is 1. The molecule has 0 unspecified atom stereocenters. The van der Waals surface area contributed by atoms with E-state index in [2.05, 4.69) is 11.8 Å². The second-order valence-electron chi connectivity index (χ2n) is 11.7. The predicted octanol–water partition coefficient (Wildman–Crippen LogP) is 1.70. The zero-order chi connectivity index (χ0) is 18.6. The SMILES string of the molecule is C[C@@]12CCC[C@@]34[C@@H]1C(=O)C[C@@]15C[C@](C)(O)[C@@H](C[C@@H]1[C@H]3N1CCO[C@@H]12)C[C@]54O. The van der Waals surface area contributed by atoms with Crippen LogP contribution in [0.5, 0.6) is 0 Å². The molecule has 0 amide bonds. The van der Waals surface area contributed by atoms with Crippen LogP contribution >= 0.6 is 0 Å². The lowest BCUT2D eigenvalue weighted by molar-refractivity contribution is -0.302. The number of hydrogen-bond acceptors (Lipinski definition) is 5. The van der Waals surface area contributed by atoms with E-state index in [4.69, 9.17) is 4.74 Å². The zero-order valence-corrected chi connectivity index (χ0v) is 16.4. The first-order chi connectivity index (χ1) is 12.7. The Morgan fingerprint density at radius 3 is 2.85 bits per heavy atom. The quantitative estimate of drug-likeness (QED) is 0.676. The summed E-state index contributed by atoms with van der Waals surface area (Å²) in [6.45, 7) is 5.89. The Hall–Kier alpha value is -0.490. The maximum absolute atomic E-state index is 13.8. The van der Waals surface area contributed by atoms with Gasteiger partial charge in [-0.05, 0) is 50.9 Å². The van der Waals surface area contributed by atoms with Gasteiger partial charge in [-0.2, -0.15) is 0 Å². The van der Waals surface area contributed by atoms with Crippen LogP contribution in [0.2, 0.25) is 0 Å². The van der Waals surface area contributed by atoms with Crippen LogP contribution in [0.4, 0.5) is 0 Å². The molecule has 8 fully saturated rings. The molecular weight excluding hydrogens is 342 g/mol. The molecule has 0 aromatic rings. The van der Waals surface area contributed by atoms with Gasteiger partial charge in [0.2, 0.25) is 0 Å². The highest BCUT2D eigenvalue weighted by Crippen LogP contribution is 2.84. The number of aliphatic hydroxyl groups is 2. The zero-order valence-electron chi connectivity index (χ0n) is 16.4. The standard InChI is InChI=1S/C22H31NO4/c1-18-4-3-5-21-15(18)14(24)10-20-11-19(2,25)12(9-22(20,21)26)8-13(20)16(21)23-6-7-27-17(18)23/h12-13,15-17,25-26H,3-11H2,1-2H3/t12-,13+,15+,16+,17+,18+,19-,20+,21+,22-/m0/s1. The summed E-state index contributed by atoms with van der Waals surface area (Å²) in [5.74, 6) is 0.759. The van der Waals surface area contributed by atoms with Crippen molar-refractivity contribution in [3.8, 4) is 0 Å². The maximum atomic E-state index is 13.8. The molecule has 2 spiro atoms. The van der Waals surface area contributed by atoms with E-state index in [0.717, 1.165) is 38.8 Å². The molecule has 6 bridgehead atoms. The van der Waals surface area contributed by atoms with E-state index in [1.165, 1.54) is 0 Å². The smallest absolute Gasteiger partial charge is 0.138 e. The van der Waals surface area contributed by atoms with Crippen molar-refractivity contribution in [1.82, 2.24) is 4.90 Å². The Labute approximate surface area is 160 Å². The fraction of sp³-hybridized carbons (Fsp3) is 0.955. The number of carbonyl (C=O) groups excluding carboxylic acids is 1. The lowest BCUT2D eigenvalue weighted by atomic mass is 9.36. The molecular formula is C22H31NO4. The van der Waals surface area contributed by atoms with Gasteiger partial charge in [-0.15, -0.1) is 0 Å². The average molecular weight is 373 g/mol. The number of Topliss-reactive ketones (excluding diaryl/α,β-unsaturated/α-hetero) is 1. The van der Waals surface area contributed by atoms with Gasteiger partial charge in [0.25, 0.3) is 0 Å². The fourth-order valence-electron chi connectivity index (χ4n) is 10.6. The van der Waals surface area contributed by atoms with Crippen molar-refractivity contribution in [2.24, 2.45) is 34.0 Å². The molecule has 8 rings (SSSR count). The molecule has 2 heterocycles. The normalized spacial score (nSPS) is 68.3. The number of piperidine rings is 1. The van der Waals surface area contributed by atoms with E-state index in [9.17, 15) is 15.0 Å². The number of ether oxygens (including phenoxy) is 1. The first-order valence-corrected chi connectivity index (χ1v) is 11.1. The number of carbonyl (C=O) groups is 1. The lowest BCUT2D eigenvalue weighted by Gasteiger charge is -2.71. The van der Waals surface area contributed by atoms with Crippen LogP contribution in [0.1, 0.15) is 58.8 Å². The number of fused-ring (bicyclic) bond motifs is 4. The topological polar surface area (TPSA) is 70.0 Å². The van der Waals surface area contributed by atoms with Gasteiger partial charge >= 0.3 is 0 Å². The second kappa shape index (κ2) is 4.19. The minimum atomic E-state index is -0.797. The van der Waals surface area contributed by atoms with Crippen LogP contribution < -0.4 is 0 Å². The first-order valence-electron chi connectivity index (χ1n) is 11.1. The maximum Gasteiger partial charge on any atom is 0.138 e. The van der Waals surface area contributed by atoms with Crippen molar-refractivity contribution in [2.45, 2.75) is 82.3 Å². The van der Waals surface area contributed by atoms with Gasteiger partial charge in [-0.3, -0.25) is 9.69 Å². The van der Waals surface area contributed by atoms with Crippen LogP contribution in [0, 0.1) is 34.0 Å². The third-order valence-corrected chi connectivity index (χ3v) is 11.0.